The zero-order valence-corrected chi connectivity index (χ0v) is 10.2. The molecule has 1 amide bonds. The van der Waals surface area contributed by atoms with Gasteiger partial charge in [0.25, 0.3) is 5.91 Å². The Bertz CT molecular complexity index is 458. The number of piperidine rings is 1. The fourth-order valence-electron chi connectivity index (χ4n) is 2.08. The maximum atomic E-state index is 12.2. The van der Waals surface area contributed by atoms with Crippen molar-refractivity contribution in [3.05, 3.63) is 23.8 Å². The Hall–Kier alpha value is -1.98. The summed E-state index contributed by atoms with van der Waals surface area (Å²) in [6.07, 6.45) is 5.06. The van der Waals surface area contributed by atoms with Crippen LogP contribution in [-0.2, 0) is 4.79 Å². The van der Waals surface area contributed by atoms with Crippen molar-refractivity contribution in [2.45, 2.75) is 32.2 Å². The van der Waals surface area contributed by atoms with Gasteiger partial charge in [-0.15, -0.1) is 0 Å². The highest BCUT2D eigenvalue weighted by Crippen LogP contribution is 2.19. The average molecular weight is 249 g/mol. The van der Waals surface area contributed by atoms with Gasteiger partial charge in [0, 0.05) is 12.7 Å². The summed E-state index contributed by atoms with van der Waals surface area (Å²) in [4.78, 5) is 32.7. The SMILES string of the molecule is Cc1cnc(C(=O)N2CCCC[C@@H]2C(=O)O)cn1. The summed E-state index contributed by atoms with van der Waals surface area (Å²) in [5, 5.41) is 9.12. The van der Waals surface area contributed by atoms with Gasteiger partial charge in [-0.25, -0.2) is 9.78 Å². The molecule has 0 saturated carbocycles. The van der Waals surface area contributed by atoms with Gasteiger partial charge in [0.05, 0.1) is 11.9 Å². The number of aryl methyl sites for hydroxylation is 1. The van der Waals surface area contributed by atoms with Gasteiger partial charge < -0.3 is 10.0 Å². The number of hydrogen-bond donors (Lipinski definition) is 1. The molecule has 2 heterocycles. The van der Waals surface area contributed by atoms with Crippen molar-refractivity contribution in [3.63, 3.8) is 0 Å². The first-order valence-electron chi connectivity index (χ1n) is 5.92. The van der Waals surface area contributed by atoms with E-state index in [4.69, 9.17) is 5.11 Å². The van der Waals surface area contributed by atoms with Crippen LogP contribution in [-0.4, -0.2) is 44.4 Å². The smallest absolute Gasteiger partial charge is 0.326 e. The first-order chi connectivity index (χ1) is 8.59. The van der Waals surface area contributed by atoms with Crippen molar-refractivity contribution >= 4 is 11.9 Å². The predicted molar refractivity (Wildman–Crippen MR) is 63.1 cm³/mol. The molecule has 1 aliphatic heterocycles. The van der Waals surface area contributed by atoms with Gasteiger partial charge >= 0.3 is 5.97 Å². The minimum absolute atomic E-state index is 0.203. The molecule has 1 saturated heterocycles. The third-order valence-corrected chi connectivity index (χ3v) is 3.05. The Morgan fingerprint density at radius 1 is 1.33 bits per heavy atom. The zero-order chi connectivity index (χ0) is 13.1. The summed E-state index contributed by atoms with van der Waals surface area (Å²) >= 11 is 0. The molecule has 1 atom stereocenters. The van der Waals surface area contributed by atoms with E-state index in [1.165, 1.54) is 17.3 Å². The van der Waals surface area contributed by atoms with Crippen LogP contribution in [0.4, 0.5) is 0 Å². The summed E-state index contributed by atoms with van der Waals surface area (Å²) in [6.45, 7) is 2.24. The number of rotatable bonds is 2. The maximum Gasteiger partial charge on any atom is 0.326 e. The van der Waals surface area contributed by atoms with Crippen molar-refractivity contribution in [3.8, 4) is 0 Å². The molecule has 6 heteroatoms. The molecule has 0 aliphatic carbocycles. The van der Waals surface area contributed by atoms with Crippen LogP contribution in [0.15, 0.2) is 12.4 Å². The molecule has 1 N–H and O–H groups in total. The van der Waals surface area contributed by atoms with Crippen LogP contribution in [0.25, 0.3) is 0 Å². The number of carboxylic acids is 1. The van der Waals surface area contributed by atoms with E-state index in [1.807, 2.05) is 0 Å². The molecular weight excluding hydrogens is 234 g/mol. The largest absolute Gasteiger partial charge is 0.480 e. The lowest BCUT2D eigenvalue weighted by atomic mass is 10.0. The monoisotopic (exact) mass is 249 g/mol. The second-order valence-electron chi connectivity index (χ2n) is 4.39. The Morgan fingerprint density at radius 3 is 2.72 bits per heavy atom. The molecule has 1 aromatic heterocycles. The van der Waals surface area contributed by atoms with Gasteiger partial charge in [-0.05, 0) is 26.2 Å². The summed E-state index contributed by atoms with van der Waals surface area (Å²) in [6, 6.07) is -0.741. The van der Waals surface area contributed by atoms with E-state index in [9.17, 15) is 9.59 Å². The minimum atomic E-state index is -0.955. The minimum Gasteiger partial charge on any atom is -0.480 e. The van der Waals surface area contributed by atoms with E-state index >= 15 is 0 Å². The van der Waals surface area contributed by atoms with E-state index in [0.29, 0.717) is 13.0 Å². The Morgan fingerprint density at radius 2 is 2.11 bits per heavy atom. The number of aliphatic carboxylic acids is 1. The van der Waals surface area contributed by atoms with E-state index in [2.05, 4.69) is 9.97 Å². The lowest BCUT2D eigenvalue weighted by Gasteiger charge is -2.32. The van der Waals surface area contributed by atoms with Crippen LogP contribution in [0.5, 0.6) is 0 Å². The quantitative estimate of drug-likeness (QED) is 0.840. The van der Waals surface area contributed by atoms with Crippen molar-refractivity contribution in [2.75, 3.05) is 6.54 Å². The second kappa shape index (κ2) is 5.12. The Labute approximate surface area is 105 Å². The molecule has 1 aliphatic rings. The standard InChI is InChI=1S/C12H15N3O3/c1-8-6-14-9(7-13-8)11(16)15-5-3-2-4-10(15)12(17)18/h6-7,10H,2-5H2,1H3,(H,17,18)/t10-/m1/s1. The van der Waals surface area contributed by atoms with Gasteiger partial charge in [0.1, 0.15) is 11.7 Å². The molecule has 0 spiro atoms. The van der Waals surface area contributed by atoms with Crippen LogP contribution in [0.3, 0.4) is 0 Å². The number of likely N-dealkylation sites (tertiary alicyclic amines) is 1. The molecule has 0 aromatic carbocycles. The number of aromatic nitrogens is 2. The van der Waals surface area contributed by atoms with Gasteiger partial charge in [-0.1, -0.05) is 0 Å². The first-order valence-corrected chi connectivity index (χ1v) is 5.92. The van der Waals surface area contributed by atoms with Crippen LogP contribution >= 0.6 is 0 Å². The summed E-state index contributed by atoms with van der Waals surface area (Å²) in [5.74, 6) is -1.31. The summed E-state index contributed by atoms with van der Waals surface area (Å²) < 4.78 is 0. The number of amides is 1. The van der Waals surface area contributed by atoms with Crippen LogP contribution in [0.1, 0.15) is 35.4 Å². The molecule has 96 valence electrons. The van der Waals surface area contributed by atoms with Crippen LogP contribution < -0.4 is 0 Å². The Kier molecular flexibility index (Phi) is 3.55. The normalized spacial score (nSPS) is 19.6. The number of carbonyl (C=O) groups is 2. The molecular formula is C12H15N3O3. The molecule has 2 rings (SSSR count). The van der Waals surface area contributed by atoms with Crippen molar-refractivity contribution in [2.24, 2.45) is 0 Å². The van der Waals surface area contributed by atoms with E-state index < -0.39 is 12.0 Å². The molecule has 6 nitrogen and oxygen atoms in total. The zero-order valence-electron chi connectivity index (χ0n) is 10.2. The van der Waals surface area contributed by atoms with Gasteiger partial charge in [0.15, 0.2) is 0 Å². The number of carbonyl (C=O) groups excluding carboxylic acids is 1. The number of carboxylic acid groups (broad SMARTS) is 1. The van der Waals surface area contributed by atoms with E-state index in [1.54, 1.807) is 6.92 Å². The van der Waals surface area contributed by atoms with Gasteiger partial charge in [-0.3, -0.25) is 9.78 Å². The highest BCUT2D eigenvalue weighted by molar-refractivity contribution is 5.94. The van der Waals surface area contributed by atoms with Crippen molar-refractivity contribution in [1.82, 2.24) is 14.9 Å². The average Bonchev–Trinajstić information content (AvgIpc) is 2.39. The lowest BCUT2D eigenvalue weighted by Crippen LogP contribution is -2.48. The fraction of sp³-hybridized carbons (Fsp3) is 0.500. The first kappa shape index (κ1) is 12.5. The highest BCUT2D eigenvalue weighted by Gasteiger charge is 2.32. The molecule has 0 bridgehead atoms. The maximum absolute atomic E-state index is 12.2. The van der Waals surface area contributed by atoms with Crippen molar-refractivity contribution in [1.29, 1.82) is 0 Å². The van der Waals surface area contributed by atoms with Crippen molar-refractivity contribution < 1.29 is 14.7 Å². The summed E-state index contributed by atoms with van der Waals surface area (Å²) in [7, 11) is 0. The predicted octanol–water partition coefficient (Wildman–Crippen LogP) is 0.864. The highest BCUT2D eigenvalue weighted by atomic mass is 16.4. The molecule has 1 aromatic rings. The number of nitrogens with zero attached hydrogens (tertiary/aromatic N) is 3. The Balaban J connectivity index is 2.20. The van der Waals surface area contributed by atoms with E-state index in [0.717, 1.165) is 18.5 Å². The lowest BCUT2D eigenvalue weighted by molar-refractivity contribution is -0.143. The van der Waals surface area contributed by atoms with E-state index in [-0.39, 0.29) is 11.6 Å². The third-order valence-electron chi connectivity index (χ3n) is 3.05. The third kappa shape index (κ3) is 2.47. The second-order valence-corrected chi connectivity index (χ2v) is 4.39. The van der Waals surface area contributed by atoms with Crippen LogP contribution in [0, 0.1) is 6.92 Å². The topological polar surface area (TPSA) is 83.4 Å². The fourth-order valence-corrected chi connectivity index (χ4v) is 2.08. The molecule has 0 radical (unpaired) electrons. The van der Waals surface area contributed by atoms with Gasteiger partial charge in [0.2, 0.25) is 0 Å². The summed E-state index contributed by atoms with van der Waals surface area (Å²) in [5.41, 5.74) is 0.925. The molecule has 0 unspecified atom stereocenters. The van der Waals surface area contributed by atoms with Crippen LogP contribution in [0.2, 0.25) is 0 Å². The van der Waals surface area contributed by atoms with Gasteiger partial charge in [-0.2, -0.15) is 0 Å². The number of hydrogen-bond acceptors (Lipinski definition) is 4. The molecule has 18 heavy (non-hydrogen) atoms. The molecule has 1 fully saturated rings.